The van der Waals surface area contributed by atoms with Gasteiger partial charge in [0.05, 0.1) is 16.2 Å². The van der Waals surface area contributed by atoms with Crippen LogP contribution < -0.4 is 0 Å². The molecule has 6 aromatic carbocycles. The molecule has 0 saturated heterocycles. The van der Waals surface area contributed by atoms with Crippen LogP contribution in [0.15, 0.2) is 240 Å². The van der Waals surface area contributed by atoms with E-state index in [2.05, 4.69) is 206 Å². The highest BCUT2D eigenvalue weighted by Gasteiger charge is 2.58. The van der Waals surface area contributed by atoms with Gasteiger partial charge in [0.15, 0.2) is 0 Å². The van der Waals surface area contributed by atoms with Crippen LogP contribution in [0.4, 0.5) is 0 Å². The molecule has 0 nitrogen and oxygen atoms in total. The molecule has 12 aliphatic rings. The highest BCUT2D eigenvalue weighted by Crippen LogP contribution is 2.69. The molecule has 0 aromatic heterocycles. The monoisotopic (exact) mass is 956 g/mol. The van der Waals surface area contributed by atoms with Gasteiger partial charge in [0.25, 0.3) is 0 Å². The van der Waals surface area contributed by atoms with Gasteiger partial charge in [0, 0.05) is 11.8 Å². The minimum absolute atomic E-state index is 0.191. The van der Waals surface area contributed by atoms with E-state index < -0.39 is 0 Å². The molecule has 0 radical (unpaired) electrons. The Morgan fingerprint density at radius 2 is 0.573 bits per heavy atom. The second-order valence-electron chi connectivity index (χ2n) is 23.5. The maximum Gasteiger partial charge on any atom is 0.0651 e. The summed E-state index contributed by atoms with van der Waals surface area (Å²) >= 11 is 0. The van der Waals surface area contributed by atoms with E-state index in [9.17, 15) is 0 Å². The normalized spacial score (nSPS) is 27.8. The summed E-state index contributed by atoms with van der Waals surface area (Å²) in [6, 6.07) is 53.3. The summed E-state index contributed by atoms with van der Waals surface area (Å²) in [5, 5.41) is 0. The van der Waals surface area contributed by atoms with E-state index in [-0.39, 0.29) is 28.1 Å². The molecule has 0 saturated carbocycles. The minimum Gasteiger partial charge on any atom is -0.0836 e. The van der Waals surface area contributed by atoms with Gasteiger partial charge in [-0.3, -0.25) is 0 Å². The average Bonchev–Trinajstić information content (AvgIpc) is 4.32. The fraction of sp³-hybridized carbons (Fsp3) is 0.200. The molecule has 0 heterocycles. The van der Waals surface area contributed by atoms with Crippen molar-refractivity contribution in [3.05, 3.63) is 318 Å². The molecule has 18 rings (SSSR count). The first-order valence-corrected chi connectivity index (χ1v) is 28.3. The van der Waals surface area contributed by atoms with Gasteiger partial charge in [0.1, 0.15) is 0 Å². The van der Waals surface area contributed by atoms with Crippen molar-refractivity contribution >= 4 is 33.4 Å². The molecule has 6 aromatic rings. The van der Waals surface area contributed by atoms with E-state index in [0.717, 1.165) is 64.2 Å². The summed E-state index contributed by atoms with van der Waals surface area (Å²) in [6.07, 6.45) is 40.6. The molecular formula is C75H56. The first-order valence-electron chi connectivity index (χ1n) is 28.3. The van der Waals surface area contributed by atoms with E-state index in [1.165, 1.54) is 111 Å². The zero-order valence-electron chi connectivity index (χ0n) is 42.4. The van der Waals surface area contributed by atoms with E-state index in [0.29, 0.717) is 0 Å². The molecule has 0 N–H and O–H groups in total. The quantitative estimate of drug-likeness (QED) is 0.162. The number of hydrogen-bond donors (Lipinski definition) is 0. The first-order chi connectivity index (χ1) is 37.2. The molecule has 0 fully saturated rings. The lowest BCUT2D eigenvalue weighted by atomic mass is 9.63. The third kappa shape index (κ3) is 4.89. The largest absolute Gasteiger partial charge is 0.0836 e. The topological polar surface area (TPSA) is 0 Å². The van der Waals surface area contributed by atoms with Gasteiger partial charge in [-0.1, -0.05) is 206 Å². The lowest BCUT2D eigenvalue weighted by Crippen LogP contribution is -2.31. The summed E-state index contributed by atoms with van der Waals surface area (Å²) in [5.41, 5.74) is 38.3. The van der Waals surface area contributed by atoms with Crippen molar-refractivity contribution in [2.24, 2.45) is 0 Å². The van der Waals surface area contributed by atoms with Gasteiger partial charge < -0.3 is 0 Å². The van der Waals surface area contributed by atoms with Crippen LogP contribution in [0.1, 0.15) is 154 Å². The Labute approximate surface area is 441 Å². The molecule has 5 atom stereocenters. The zero-order chi connectivity index (χ0) is 48.8. The zero-order valence-corrected chi connectivity index (χ0v) is 42.4. The van der Waals surface area contributed by atoms with Crippen molar-refractivity contribution in [1.82, 2.24) is 0 Å². The molecule has 3 spiro atoms. The van der Waals surface area contributed by atoms with Crippen LogP contribution in [0.3, 0.4) is 0 Å². The van der Waals surface area contributed by atoms with Crippen LogP contribution in [0.5, 0.6) is 0 Å². The number of benzene rings is 6. The molecule has 356 valence electrons. The summed E-state index contributed by atoms with van der Waals surface area (Å²) in [5.74, 6) is 0.515. The SMILES string of the molecule is C1=CC2=C(CC1)C1(C3=C(C=CCC3)c3ccc(C4C=CC5=C(C4)C4(C6=C(C=CCC6)c6ccccc64)c4cc(C6C=CC7=C(C6)C6(C8=C(C=CCC8)c8ccccc86)c6ccccc67)ccc45)cc31)c1ccccc12. The Kier molecular flexibility index (Phi) is 8.16. The summed E-state index contributed by atoms with van der Waals surface area (Å²) in [4.78, 5) is 0. The van der Waals surface area contributed by atoms with Gasteiger partial charge >= 0.3 is 0 Å². The van der Waals surface area contributed by atoms with E-state index in [1.807, 2.05) is 0 Å². The van der Waals surface area contributed by atoms with Crippen LogP contribution >= 0.6 is 0 Å². The Hall–Kier alpha value is -7.80. The van der Waals surface area contributed by atoms with Crippen LogP contribution in [0, 0.1) is 0 Å². The van der Waals surface area contributed by atoms with Crippen LogP contribution in [-0.2, 0) is 16.2 Å². The molecule has 0 heteroatoms. The van der Waals surface area contributed by atoms with Gasteiger partial charge in [-0.15, -0.1) is 0 Å². The lowest BCUT2D eigenvalue weighted by molar-refractivity contribution is 0.630. The predicted octanol–water partition coefficient (Wildman–Crippen LogP) is 18.0. The highest BCUT2D eigenvalue weighted by molar-refractivity contribution is 6.02. The third-order valence-electron chi connectivity index (χ3n) is 20.7. The van der Waals surface area contributed by atoms with Crippen molar-refractivity contribution in [3.63, 3.8) is 0 Å². The van der Waals surface area contributed by atoms with Crippen molar-refractivity contribution in [1.29, 1.82) is 0 Å². The van der Waals surface area contributed by atoms with Gasteiger partial charge in [-0.25, -0.2) is 0 Å². The standard InChI is InChI=1S/C75H56/c1-9-25-61-49(17-1)50-18-2-10-26-62(50)73(61)65-29-13-7-23-55(65)57-37-33-45(41-69(57)73)47-35-39-59-60-40-36-48(44-72(60)75(71(59)43-47)67-31-15-5-21-53(67)54-22-6-16-32-68(54)75)46-34-38-58-56-24-8-14-30-66(56)74(70(58)42-46)63-27-11-3-19-51(63)52-20-4-12-28-64(52)74/h1-9,11,13,15,17-25,27,29,31,33-40,42-43,45,48H,10,12,14,16,26,28,30,32,41,44H2. The Balaban J connectivity index is 0.779. The van der Waals surface area contributed by atoms with Crippen molar-refractivity contribution in [3.8, 4) is 0 Å². The van der Waals surface area contributed by atoms with Crippen molar-refractivity contribution < 1.29 is 0 Å². The Bertz CT molecular complexity index is 4100. The number of rotatable bonds is 2. The van der Waals surface area contributed by atoms with E-state index in [4.69, 9.17) is 0 Å². The van der Waals surface area contributed by atoms with Crippen LogP contribution in [0.2, 0.25) is 0 Å². The molecule has 5 unspecified atom stereocenters. The van der Waals surface area contributed by atoms with E-state index >= 15 is 0 Å². The highest BCUT2D eigenvalue weighted by atomic mass is 14.6. The number of hydrogen-bond acceptors (Lipinski definition) is 0. The summed E-state index contributed by atoms with van der Waals surface area (Å²) in [6.45, 7) is 0. The minimum atomic E-state index is -0.311. The Morgan fingerprint density at radius 1 is 0.280 bits per heavy atom. The third-order valence-corrected chi connectivity index (χ3v) is 20.7. The Morgan fingerprint density at radius 3 is 0.933 bits per heavy atom. The molecule has 75 heavy (non-hydrogen) atoms. The molecule has 0 aliphatic heterocycles. The van der Waals surface area contributed by atoms with Crippen LogP contribution in [0.25, 0.3) is 33.4 Å². The average molecular weight is 957 g/mol. The molecule has 0 bridgehead atoms. The maximum atomic E-state index is 2.72. The second kappa shape index (κ2) is 14.7. The number of allylic oxidation sites excluding steroid dienone is 24. The van der Waals surface area contributed by atoms with Crippen molar-refractivity contribution in [2.45, 2.75) is 92.3 Å². The smallest absolute Gasteiger partial charge is 0.0651 e. The summed E-state index contributed by atoms with van der Waals surface area (Å²) < 4.78 is 0. The molecular weight excluding hydrogens is 901 g/mol. The van der Waals surface area contributed by atoms with Gasteiger partial charge in [-0.2, -0.15) is 0 Å². The molecule has 0 amide bonds. The predicted molar refractivity (Wildman–Crippen MR) is 309 cm³/mol. The van der Waals surface area contributed by atoms with E-state index in [1.54, 1.807) is 33.4 Å². The second-order valence-corrected chi connectivity index (χ2v) is 23.5. The summed E-state index contributed by atoms with van der Waals surface area (Å²) in [7, 11) is 0. The van der Waals surface area contributed by atoms with Crippen molar-refractivity contribution in [2.75, 3.05) is 0 Å². The lowest BCUT2D eigenvalue weighted by Gasteiger charge is -2.38. The fourth-order valence-electron chi connectivity index (χ4n) is 18.1. The molecule has 12 aliphatic carbocycles. The number of fused-ring (bicyclic) bond motifs is 24. The van der Waals surface area contributed by atoms with Gasteiger partial charge in [0.2, 0.25) is 0 Å². The first kappa shape index (κ1) is 41.5. The fourth-order valence-corrected chi connectivity index (χ4v) is 18.1. The van der Waals surface area contributed by atoms with Crippen LogP contribution in [-0.4, -0.2) is 0 Å². The van der Waals surface area contributed by atoms with Gasteiger partial charge in [-0.05, 0) is 209 Å². The maximum absolute atomic E-state index is 2.72.